The van der Waals surface area contributed by atoms with Crippen molar-refractivity contribution in [3.63, 3.8) is 0 Å². The fraction of sp³-hybridized carbons (Fsp3) is 0.286. The molecule has 0 amide bonds. The van der Waals surface area contributed by atoms with Crippen molar-refractivity contribution >= 4 is 37.5 Å². The normalized spacial score (nSPS) is 11.2. The summed E-state index contributed by atoms with van der Waals surface area (Å²) in [7, 11) is 2.11. The van der Waals surface area contributed by atoms with Crippen LogP contribution in [0.15, 0.2) is 59.6 Å². The van der Waals surface area contributed by atoms with Gasteiger partial charge < -0.3 is 9.64 Å². The molecule has 0 aliphatic heterocycles. The maximum atomic E-state index is 5.92. The molecule has 1 aromatic heterocycles. The van der Waals surface area contributed by atoms with Crippen molar-refractivity contribution in [1.29, 1.82) is 0 Å². The number of hydrogen-bond donors (Lipinski definition) is 0. The predicted molar refractivity (Wildman–Crippen MR) is 115 cm³/mol. The van der Waals surface area contributed by atoms with Crippen LogP contribution in [0.1, 0.15) is 12.8 Å². The van der Waals surface area contributed by atoms with E-state index < -0.39 is 0 Å². The molecule has 0 atom stereocenters. The molecule has 3 aromatic rings. The van der Waals surface area contributed by atoms with Gasteiger partial charge in [-0.05, 0) is 68.3 Å². The number of nitrogens with zero attached hydrogens (tertiary/aromatic N) is 2. The number of rotatable bonds is 9. The van der Waals surface area contributed by atoms with Gasteiger partial charge in [0.05, 0.1) is 17.0 Å². The third kappa shape index (κ3) is 4.93. The molecule has 3 rings (SSSR count). The Hall–Kier alpha value is -1.69. The van der Waals surface area contributed by atoms with E-state index in [4.69, 9.17) is 4.74 Å². The van der Waals surface area contributed by atoms with Gasteiger partial charge in [0.25, 0.3) is 0 Å². The number of ether oxygens (including phenoxy) is 1. The van der Waals surface area contributed by atoms with Crippen LogP contribution in [0, 0.1) is 0 Å². The second kappa shape index (κ2) is 9.31. The molecule has 0 spiro atoms. The molecular formula is C21H23BrN2OS. The van der Waals surface area contributed by atoms with Gasteiger partial charge in [-0.1, -0.05) is 34.1 Å². The summed E-state index contributed by atoms with van der Waals surface area (Å²) in [6.07, 6.45) is 4.11. The number of likely N-dealkylation sites (N-methyl/N-ethyl adjacent to an activating group) is 1. The van der Waals surface area contributed by atoms with Crippen LogP contribution in [0.2, 0.25) is 0 Å². The van der Waals surface area contributed by atoms with E-state index in [9.17, 15) is 0 Å². The Morgan fingerprint density at radius 2 is 2.00 bits per heavy atom. The highest BCUT2D eigenvalue weighted by atomic mass is 79.9. The minimum Gasteiger partial charge on any atom is -0.494 e. The number of hydrogen-bond acceptors (Lipinski definition) is 4. The van der Waals surface area contributed by atoms with Gasteiger partial charge in [0.2, 0.25) is 0 Å². The van der Waals surface area contributed by atoms with Crippen molar-refractivity contribution in [3.8, 4) is 17.0 Å². The Bertz CT molecular complexity index is 860. The average molecular weight is 431 g/mol. The lowest BCUT2D eigenvalue weighted by molar-refractivity contribution is 0.288. The standard InChI is InChI=1S/C21H23BrN2OS/c1-3-12-24(2)13-4-5-14-25-18-10-11-19-20(15-18)26-23-21(19)16-6-8-17(22)9-7-16/h3,6-11,15H,1,4-5,12-14H2,2H3. The van der Waals surface area contributed by atoms with Gasteiger partial charge in [0.1, 0.15) is 5.75 Å². The summed E-state index contributed by atoms with van der Waals surface area (Å²) in [5.74, 6) is 0.919. The molecule has 0 fully saturated rings. The molecule has 5 heteroatoms. The Morgan fingerprint density at radius 3 is 2.77 bits per heavy atom. The molecule has 0 aliphatic carbocycles. The molecule has 0 bridgehead atoms. The molecule has 0 radical (unpaired) electrons. The van der Waals surface area contributed by atoms with E-state index in [1.807, 2.05) is 24.3 Å². The topological polar surface area (TPSA) is 25.4 Å². The molecule has 26 heavy (non-hydrogen) atoms. The Labute approximate surface area is 167 Å². The monoisotopic (exact) mass is 430 g/mol. The second-order valence-corrected chi connectivity index (χ2v) is 8.02. The van der Waals surface area contributed by atoms with Gasteiger partial charge in [0.15, 0.2) is 0 Å². The van der Waals surface area contributed by atoms with Crippen LogP contribution in [-0.4, -0.2) is 36.0 Å². The van der Waals surface area contributed by atoms with Crippen LogP contribution in [-0.2, 0) is 0 Å². The molecule has 136 valence electrons. The number of fused-ring (bicyclic) bond motifs is 1. The van der Waals surface area contributed by atoms with Crippen LogP contribution < -0.4 is 4.74 Å². The third-order valence-corrected chi connectivity index (χ3v) is 5.54. The number of benzene rings is 2. The number of halogens is 1. The van der Waals surface area contributed by atoms with Gasteiger partial charge in [-0.3, -0.25) is 0 Å². The zero-order chi connectivity index (χ0) is 18.4. The Balaban J connectivity index is 1.58. The van der Waals surface area contributed by atoms with E-state index in [-0.39, 0.29) is 0 Å². The summed E-state index contributed by atoms with van der Waals surface area (Å²) >= 11 is 5.00. The Morgan fingerprint density at radius 1 is 1.19 bits per heavy atom. The summed E-state index contributed by atoms with van der Waals surface area (Å²) in [5, 5.41) is 1.18. The predicted octanol–water partition coefficient (Wildman–Crippen LogP) is 6.00. The lowest BCUT2D eigenvalue weighted by Gasteiger charge is -2.13. The minimum atomic E-state index is 0.742. The largest absolute Gasteiger partial charge is 0.494 e. The van der Waals surface area contributed by atoms with Crippen molar-refractivity contribution in [2.45, 2.75) is 12.8 Å². The van der Waals surface area contributed by atoms with Gasteiger partial charge in [-0.2, -0.15) is 4.37 Å². The summed E-state index contributed by atoms with van der Waals surface area (Å²) in [4.78, 5) is 2.26. The second-order valence-electron chi connectivity index (χ2n) is 6.30. The minimum absolute atomic E-state index is 0.742. The summed E-state index contributed by atoms with van der Waals surface area (Å²) in [5.41, 5.74) is 2.17. The highest BCUT2D eigenvalue weighted by Gasteiger charge is 2.09. The van der Waals surface area contributed by atoms with Crippen molar-refractivity contribution in [2.24, 2.45) is 0 Å². The first-order chi connectivity index (χ1) is 12.7. The highest BCUT2D eigenvalue weighted by molar-refractivity contribution is 9.10. The highest BCUT2D eigenvalue weighted by Crippen LogP contribution is 2.33. The molecule has 0 aliphatic rings. The fourth-order valence-electron chi connectivity index (χ4n) is 2.81. The smallest absolute Gasteiger partial charge is 0.120 e. The van der Waals surface area contributed by atoms with E-state index in [1.54, 1.807) is 0 Å². The lowest BCUT2D eigenvalue weighted by Crippen LogP contribution is -2.19. The summed E-state index contributed by atoms with van der Waals surface area (Å²) in [6.45, 7) is 6.51. The third-order valence-electron chi connectivity index (χ3n) is 4.20. The first-order valence-corrected chi connectivity index (χ1v) is 10.3. The zero-order valence-electron chi connectivity index (χ0n) is 15.0. The van der Waals surface area contributed by atoms with Crippen LogP contribution in [0.5, 0.6) is 5.75 Å². The zero-order valence-corrected chi connectivity index (χ0v) is 17.4. The molecule has 0 saturated carbocycles. The summed E-state index contributed by atoms with van der Waals surface area (Å²) < 4.78 is 12.8. The number of unbranched alkanes of at least 4 members (excludes halogenated alkanes) is 1. The quantitative estimate of drug-likeness (QED) is 0.307. The van der Waals surface area contributed by atoms with Gasteiger partial charge in [-0.25, -0.2) is 0 Å². The van der Waals surface area contributed by atoms with Gasteiger partial charge in [0, 0.05) is 22.0 Å². The number of aromatic nitrogens is 1. The SMILES string of the molecule is C=CCN(C)CCCCOc1ccc2c(-c3ccc(Br)cc3)nsc2c1. The molecule has 2 aromatic carbocycles. The molecule has 3 nitrogen and oxygen atoms in total. The van der Waals surface area contributed by atoms with Crippen molar-refractivity contribution in [1.82, 2.24) is 9.27 Å². The van der Waals surface area contributed by atoms with Crippen molar-refractivity contribution in [2.75, 3.05) is 26.7 Å². The Kier molecular flexibility index (Phi) is 6.83. The first kappa shape index (κ1) is 19.1. The molecule has 0 N–H and O–H groups in total. The van der Waals surface area contributed by atoms with Gasteiger partial charge >= 0.3 is 0 Å². The van der Waals surface area contributed by atoms with Gasteiger partial charge in [-0.15, -0.1) is 6.58 Å². The lowest BCUT2D eigenvalue weighted by atomic mass is 10.1. The first-order valence-electron chi connectivity index (χ1n) is 8.75. The molecule has 0 unspecified atom stereocenters. The van der Waals surface area contributed by atoms with E-state index in [0.29, 0.717) is 0 Å². The summed E-state index contributed by atoms with van der Waals surface area (Å²) in [6, 6.07) is 14.5. The van der Waals surface area contributed by atoms with Crippen LogP contribution >= 0.6 is 27.5 Å². The molecule has 1 heterocycles. The van der Waals surface area contributed by atoms with E-state index >= 15 is 0 Å². The van der Waals surface area contributed by atoms with E-state index in [1.165, 1.54) is 16.9 Å². The van der Waals surface area contributed by atoms with Crippen LogP contribution in [0.3, 0.4) is 0 Å². The fourth-order valence-corrected chi connectivity index (χ4v) is 3.90. The van der Waals surface area contributed by atoms with Crippen molar-refractivity contribution < 1.29 is 4.74 Å². The van der Waals surface area contributed by atoms with Crippen LogP contribution in [0.4, 0.5) is 0 Å². The molecular weight excluding hydrogens is 408 g/mol. The van der Waals surface area contributed by atoms with E-state index in [0.717, 1.165) is 58.7 Å². The molecule has 0 saturated heterocycles. The van der Waals surface area contributed by atoms with Crippen LogP contribution in [0.25, 0.3) is 21.3 Å². The van der Waals surface area contributed by atoms with Crippen molar-refractivity contribution in [3.05, 3.63) is 59.6 Å². The average Bonchev–Trinajstić information content (AvgIpc) is 3.05. The maximum absolute atomic E-state index is 5.92. The maximum Gasteiger partial charge on any atom is 0.120 e. The van der Waals surface area contributed by atoms with E-state index in [2.05, 4.69) is 63.1 Å².